The molecule has 0 atom stereocenters. The standard InChI is InChI=1S/C14H33N2O3P/c1-4-7-12-18-20(17,19-13-8-5-2)14-16(10-6-3)11-9-15/h4-15H2,1-3H3. The summed E-state index contributed by atoms with van der Waals surface area (Å²) in [6.07, 6.45) is 5.22. The Hall–Kier alpha value is 0.0700. The highest BCUT2D eigenvalue weighted by Crippen LogP contribution is 2.49. The van der Waals surface area contributed by atoms with Gasteiger partial charge in [0.05, 0.1) is 13.2 Å². The van der Waals surface area contributed by atoms with Gasteiger partial charge >= 0.3 is 7.60 Å². The Morgan fingerprint density at radius 3 is 1.90 bits per heavy atom. The van der Waals surface area contributed by atoms with Gasteiger partial charge in [-0.2, -0.15) is 0 Å². The first-order valence-electron chi connectivity index (χ1n) is 7.92. The topological polar surface area (TPSA) is 64.8 Å². The molecule has 0 amide bonds. The van der Waals surface area contributed by atoms with Gasteiger partial charge in [-0.25, -0.2) is 0 Å². The van der Waals surface area contributed by atoms with E-state index in [-0.39, 0.29) is 0 Å². The summed E-state index contributed by atoms with van der Waals surface area (Å²) in [5.74, 6) is 0. The van der Waals surface area contributed by atoms with Crippen LogP contribution < -0.4 is 5.73 Å². The third-order valence-electron chi connectivity index (χ3n) is 2.93. The fourth-order valence-corrected chi connectivity index (χ4v) is 3.64. The average Bonchev–Trinajstić information content (AvgIpc) is 2.40. The molecule has 0 saturated heterocycles. The van der Waals surface area contributed by atoms with Gasteiger partial charge < -0.3 is 14.8 Å². The van der Waals surface area contributed by atoms with Gasteiger partial charge in [-0.1, -0.05) is 33.6 Å². The molecule has 0 aliphatic carbocycles. The molecule has 6 heteroatoms. The maximum Gasteiger partial charge on any atom is 0.344 e. The predicted octanol–water partition coefficient (Wildman–Crippen LogP) is 3.44. The van der Waals surface area contributed by atoms with Gasteiger partial charge in [0.1, 0.15) is 6.29 Å². The zero-order valence-corrected chi connectivity index (χ0v) is 14.4. The van der Waals surface area contributed by atoms with Crippen LogP contribution in [0.25, 0.3) is 0 Å². The molecule has 0 aromatic carbocycles. The average molecular weight is 308 g/mol. The van der Waals surface area contributed by atoms with E-state index in [4.69, 9.17) is 14.8 Å². The quantitative estimate of drug-likeness (QED) is 0.393. The third-order valence-corrected chi connectivity index (χ3v) is 4.83. The molecule has 0 spiro atoms. The van der Waals surface area contributed by atoms with Gasteiger partial charge in [0.15, 0.2) is 0 Å². The summed E-state index contributed by atoms with van der Waals surface area (Å²) < 4.78 is 24.0. The Morgan fingerprint density at radius 2 is 1.50 bits per heavy atom. The molecule has 5 nitrogen and oxygen atoms in total. The Morgan fingerprint density at radius 1 is 0.950 bits per heavy atom. The van der Waals surface area contributed by atoms with Crippen molar-refractivity contribution in [1.82, 2.24) is 4.90 Å². The van der Waals surface area contributed by atoms with E-state index in [0.29, 0.717) is 26.0 Å². The lowest BCUT2D eigenvalue weighted by Crippen LogP contribution is -2.32. The molecule has 0 bridgehead atoms. The van der Waals surface area contributed by atoms with Crippen molar-refractivity contribution in [2.75, 3.05) is 39.1 Å². The molecule has 0 fully saturated rings. The number of hydrogen-bond donors (Lipinski definition) is 1. The molecule has 0 aliphatic heterocycles. The fourth-order valence-electron chi connectivity index (χ4n) is 1.81. The molecule has 20 heavy (non-hydrogen) atoms. The maximum atomic E-state index is 12.8. The minimum absolute atomic E-state index is 0.353. The number of rotatable bonds is 14. The summed E-state index contributed by atoms with van der Waals surface area (Å²) in [7, 11) is -3.02. The SMILES string of the molecule is CCCCOP(=O)(CN(CCC)CCN)OCCCC. The first-order valence-corrected chi connectivity index (χ1v) is 9.65. The molecule has 0 aromatic heterocycles. The zero-order valence-electron chi connectivity index (χ0n) is 13.5. The zero-order chi connectivity index (χ0) is 15.3. The minimum atomic E-state index is -3.02. The summed E-state index contributed by atoms with van der Waals surface area (Å²) in [6, 6.07) is 0. The second-order valence-corrected chi connectivity index (χ2v) is 7.05. The fraction of sp³-hybridized carbons (Fsp3) is 1.00. The highest BCUT2D eigenvalue weighted by Gasteiger charge is 2.27. The normalized spacial score (nSPS) is 12.2. The van der Waals surface area contributed by atoms with E-state index in [1.807, 2.05) is 0 Å². The van der Waals surface area contributed by atoms with Crippen LogP contribution in [0.15, 0.2) is 0 Å². The molecular formula is C14H33N2O3P. The summed E-state index contributed by atoms with van der Waals surface area (Å²) in [5, 5.41) is 0. The second kappa shape index (κ2) is 12.8. The van der Waals surface area contributed by atoms with Crippen LogP contribution in [0.1, 0.15) is 52.9 Å². The van der Waals surface area contributed by atoms with Gasteiger partial charge in [0, 0.05) is 13.1 Å². The maximum absolute atomic E-state index is 12.8. The molecule has 0 radical (unpaired) electrons. The molecule has 0 heterocycles. The van der Waals surface area contributed by atoms with Crippen LogP contribution in [0.2, 0.25) is 0 Å². The van der Waals surface area contributed by atoms with Crippen molar-refractivity contribution < 1.29 is 13.6 Å². The molecule has 0 saturated carbocycles. The highest BCUT2D eigenvalue weighted by atomic mass is 31.2. The Bertz CT molecular complexity index is 245. The highest BCUT2D eigenvalue weighted by molar-refractivity contribution is 7.53. The number of unbranched alkanes of at least 4 members (excludes halogenated alkanes) is 2. The summed E-state index contributed by atoms with van der Waals surface area (Å²) in [6.45, 7) is 9.44. The van der Waals surface area contributed by atoms with Crippen molar-refractivity contribution in [3.8, 4) is 0 Å². The Labute approximate surface area is 124 Å². The van der Waals surface area contributed by atoms with Crippen LogP contribution in [0.5, 0.6) is 0 Å². The molecule has 0 unspecified atom stereocenters. The number of nitrogens with two attached hydrogens (primary N) is 1. The van der Waals surface area contributed by atoms with E-state index in [2.05, 4.69) is 25.7 Å². The molecular weight excluding hydrogens is 275 g/mol. The minimum Gasteiger partial charge on any atom is -0.329 e. The van der Waals surface area contributed by atoms with Gasteiger partial charge in [-0.15, -0.1) is 0 Å². The van der Waals surface area contributed by atoms with Gasteiger partial charge in [-0.3, -0.25) is 9.46 Å². The second-order valence-electron chi connectivity index (χ2n) is 5.03. The van der Waals surface area contributed by atoms with Crippen molar-refractivity contribution >= 4 is 7.60 Å². The van der Waals surface area contributed by atoms with Crippen molar-refractivity contribution in [1.29, 1.82) is 0 Å². The van der Waals surface area contributed by atoms with Crippen LogP contribution in [0, 0.1) is 0 Å². The first kappa shape index (κ1) is 20.1. The third kappa shape index (κ3) is 9.89. The molecule has 122 valence electrons. The first-order chi connectivity index (χ1) is 9.61. The lowest BCUT2D eigenvalue weighted by atomic mass is 10.4. The van der Waals surface area contributed by atoms with Crippen molar-refractivity contribution in [3.63, 3.8) is 0 Å². The van der Waals surface area contributed by atoms with E-state index in [1.54, 1.807) is 0 Å². The molecule has 0 rings (SSSR count). The van der Waals surface area contributed by atoms with Crippen molar-refractivity contribution in [3.05, 3.63) is 0 Å². The molecule has 2 N–H and O–H groups in total. The number of hydrogen-bond acceptors (Lipinski definition) is 5. The number of nitrogens with zero attached hydrogens (tertiary/aromatic N) is 1. The lowest BCUT2D eigenvalue weighted by molar-refractivity contribution is 0.180. The monoisotopic (exact) mass is 308 g/mol. The summed E-state index contributed by atoms with van der Waals surface area (Å²) >= 11 is 0. The Kier molecular flexibility index (Phi) is 12.8. The summed E-state index contributed by atoms with van der Waals surface area (Å²) in [4.78, 5) is 2.08. The van der Waals surface area contributed by atoms with Gasteiger partial charge in [0.2, 0.25) is 0 Å². The lowest BCUT2D eigenvalue weighted by Gasteiger charge is -2.26. The van der Waals surface area contributed by atoms with Gasteiger partial charge in [0.25, 0.3) is 0 Å². The van der Waals surface area contributed by atoms with E-state index >= 15 is 0 Å². The molecule has 0 aromatic rings. The van der Waals surface area contributed by atoms with E-state index in [1.165, 1.54) is 0 Å². The van der Waals surface area contributed by atoms with Crippen LogP contribution >= 0.6 is 7.60 Å². The Balaban J connectivity index is 4.48. The van der Waals surface area contributed by atoms with E-state index in [9.17, 15) is 4.57 Å². The van der Waals surface area contributed by atoms with E-state index in [0.717, 1.165) is 45.2 Å². The summed E-state index contributed by atoms with van der Waals surface area (Å²) in [5.41, 5.74) is 5.61. The van der Waals surface area contributed by atoms with Crippen LogP contribution in [0.4, 0.5) is 0 Å². The van der Waals surface area contributed by atoms with Crippen LogP contribution in [-0.2, 0) is 13.6 Å². The van der Waals surface area contributed by atoms with Crippen LogP contribution in [0.3, 0.4) is 0 Å². The van der Waals surface area contributed by atoms with E-state index < -0.39 is 7.60 Å². The van der Waals surface area contributed by atoms with Gasteiger partial charge in [-0.05, 0) is 25.8 Å². The van der Waals surface area contributed by atoms with Crippen LogP contribution in [-0.4, -0.2) is 44.0 Å². The smallest absolute Gasteiger partial charge is 0.329 e. The molecule has 0 aliphatic rings. The predicted molar refractivity (Wildman–Crippen MR) is 85.1 cm³/mol. The van der Waals surface area contributed by atoms with Crippen molar-refractivity contribution in [2.45, 2.75) is 52.9 Å². The van der Waals surface area contributed by atoms with Crippen molar-refractivity contribution in [2.24, 2.45) is 5.73 Å². The largest absolute Gasteiger partial charge is 0.344 e.